The fourth-order valence-electron chi connectivity index (χ4n) is 2.36. The number of hydrogen-bond donors (Lipinski definition) is 3. The molecule has 0 saturated carbocycles. The van der Waals surface area contributed by atoms with Crippen molar-refractivity contribution < 1.29 is 23.1 Å². The van der Waals surface area contributed by atoms with E-state index in [-0.39, 0.29) is 17.4 Å². The Kier molecular flexibility index (Phi) is 6.70. The van der Waals surface area contributed by atoms with Crippen LogP contribution in [0.5, 0.6) is 0 Å². The molecule has 0 aliphatic rings. The fourth-order valence-corrected chi connectivity index (χ4v) is 3.84. The number of carbonyl (C=O) groups excluding carboxylic acids is 1. The van der Waals surface area contributed by atoms with Gasteiger partial charge in [0, 0.05) is 17.3 Å². The van der Waals surface area contributed by atoms with Crippen LogP contribution in [0.3, 0.4) is 0 Å². The number of aromatic carboxylic acids is 1. The van der Waals surface area contributed by atoms with E-state index in [0.29, 0.717) is 23.2 Å². The summed E-state index contributed by atoms with van der Waals surface area (Å²) in [5, 5.41) is 11.6. The van der Waals surface area contributed by atoms with Gasteiger partial charge in [-0.2, -0.15) is 0 Å². The number of rotatable bonds is 8. The van der Waals surface area contributed by atoms with Gasteiger partial charge >= 0.3 is 5.97 Å². The van der Waals surface area contributed by atoms with E-state index in [4.69, 9.17) is 5.11 Å². The number of anilines is 1. The monoisotopic (exact) mass is 390 g/mol. The molecule has 1 atom stereocenters. The number of nitrogens with one attached hydrogen (secondary N) is 2. The molecule has 0 bridgehead atoms. The highest BCUT2D eigenvalue weighted by Crippen LogP contribution is 2.15. The highest BCUT2D eigenvalue weighted by molar-refractivity contribution is 7.88. The molecule has 0 aliphatic carbocycles. The minimum atomic E-state index is -3.47. The Morgan fingerprint density at radius 2 is 1.70 bits per heavy atom. The number of sulfonamides is 1. The van der Waals surface area contributed by atoms with E-state index in [1.54, 1.807) is 31.2 Å². The summed E-state index contributed by atoms with van der Waals surface area (Å²) in [4.78, 5) is 23.1. The lowest BCUT2D eigenvalue weighted by Gasteiger charge is -2.13. The summed E-state index contributed by atoms with van der Waals surface area (Å²) < 4.78 is 26.9. The van der Waals surface area contributed by atoms with E-state index in [1.807, 2.05) is 6.92 Å². The second-order valence-corrected chi connectivity index (χ2v) is 7.98. The predicted octanol–water partition coefficient (Wildman–Crippen LogP) is 2.86. The summed E-state index contributed by atoms with van der Waals surface area (Å²) in [5.41, 5.74) is 1.40. The van der Waals surface area contributed by atoms with Gasteiger partial charge in [-0.1, -0.05) is 19.1 Å². The van der Waals surface area contributed by atoms with Crippen molar-refractivity contribution in [2.24, 2.45) is 0 Å². The molecule has 1 amide bonds. The highest BCUT2D eigenvalue weighted by atomic mass is 32.2. The van der Waals surface area contributed by atoms with Crippen LogP contribution in [0.2, 0.25) is 0 Å². The first kappa shape index (κ1) is 20.6. The molecule has 3 N–H and O–H groups in total. The molecule has 1 unspecified atom stereocenters. The maximum atomic E-state index is 12.3. The minimum Gasteiger partial charge on any atom is -0.478 e. The van der Waals surface area contributed by atoms with Crippen molar-refractivity contribution in [2.45, 2.75) is 32.1 Å². The van der Waals surface area contributed by atoms with Crippen LogP contribution < -0.4 is 10.0 Å². The molecule has 0 spiro atoms. The van der Waals surface area contributed by atoms with Crippen LogP contribution in [0, 0.1) is 0 Å². The number of amides is 1. The van der Waals surface area contributed by atoms with Crippen LogP contribution in [0.15, 0.2) is 48.5 Å². The van der Waals surface area contributed by atoms with Crippen molar-refractivity contribution >= 4 is 27.6 Å². The van der Waals surface area contributed by atoms with E-state index in [2.05, 4.69) is 10.0 Å². The molecular formula is C19H22N2O5S. The molecule has 2 aromatic rings. The average molecular weight is 390 g/mol. The molecule has 0 radical (unpaired) electrons. The summed E-state index contributed by atoms with van der Waals surface area (Å²) in [6.45, 7) is 3.69. The van der Waals surface area contributed by atoms with Crippen LogP contribution in [-0.4, -0.2) is 31.4 Å². The van der Waals surface area contributed by atoms with Crippen LogP contribution in [0.4, 0.5) is 5.69 Å². The Morgan fingerprint density at radius 3 is 2.30 bits per heavy atom. The number of benzene rings is 2. The van der Waals surface area contributed by atoms with E-state index < -0.39 is 21.9 Å². The number of hydrogen-bond acceptors (Lipinski definition) is 4. The molecule has 144 valence electrons. The molecule has 2 rings (SSSR count). The first-order valence-corrected chi connectivity index (χ1v) is 10.1. The van der Waals surface area contributed by atoms with E-state index in [1.165, 1.54) is 24.3 Å². The van der Waals surface area contributed by atoms with Gasteiger partial charge in [0.2, 0.25) is 10.0 Å². The SMILES string of the molecule is CCC(C)NS(=O)(=O)Cc1cccc(NC(=O)c2ccc(C(=O)O)cc2)c1. The van der Waals surface area contributed by atoms with Crippen LogP contribution in [0.25, 0.3) is 0 Å². The van der Waals surface area contributed by atoms with Crippen molar-refractivity contribution in [3.63, 3.8) is 0 Å². The summed E-state index contributed by atoms with van der Waals surface area (Å²) in [5.74, 6) is -1.67. The molecule has 0 saturated heterocycles. The van der Waals surface area contributed by atoms with Gasteiger partial charge in [-0.3, -0.25) is 4.79 Å². The van der Waals surface area contributed by atoms with E-state index in [0.717, 1.165) is 0 Å². The lowest BCUT2D eigenvalue weighted by atomic mass is 10.1. The summed E-state index contributed by atoms with van der Waals surface area (Å²) in [6, 6.07) is 12.0. The fraction of sp³-hybridized carbons (Fsp3) is 0.263. The third-order valence-electron chi connectivity index (χ3n) is 3.93. The predicted molar refractivity (Wildman–Crippen MR) is 103 cm³/mol. The lowest BCUT2D eigenvalue weighted by Crippen LogP contribution is -2.32. The maximum absolute atomic E-state index is 12.3. The zero-order valence-corrected chi connectivity index (χ0v) is 15.9. The van der Waals surface area contributed by atoms with Crippen LogP contribution in [-0.2, 0) is 15.8 Å². The van der Waals surface area contributed by atoms with Crippen molar-refractivity contribution in [3.8, 4) is 0 Å². The van der Waals surface area contributed by atoms with Crippen molar-refractivity contribution in [1.29, 1.82) is 0 Å². The van der Waals surface area contributed by atoms with Gasteiger partial charge in [0.25, 0.3) is 5.91 Å². The number of carbonyl (C=O) groups is 2. The van der Waals surface area contributed by atoms with Crippen LogP contribution in [0.1, 0.15) is 46.5 Å². The summed E-state index contributed by atoms with van der Waals surface area (Å²) in [6.07, 6.45) is 0.690. The van der Waals surface area contributed by atoms with Gasteiger partial charge in [0.15, 0.2) is 0 Å². The second-order valence-electron chi connectivity index (χ2n) is 6.22. The second kappa shape index (κ2) is 8.79. The topological polar surface area (TPSA) is 113 Å². The third kappa shape index (κ3) is 6.19. The molecule has 27 heavy (non-hydrogen) atoms. The Morgan fingerprint density at radius 1 is 1.07 bits per heavy atom. The number of carboxylic acid groups (broad SMARTS) is 1. The van der Waals surface area contributed by atoms with Crippen molar-refractivity contribution in [1.82, 2.24) is 4.72 Å². The lowest BCUT2D eigenvalue weighted by molar-refractivity contribution is 0.0696. The molecule has 0 fully saturated rings. The van der Waals surface area contributed by atoms with Crippen LogP contribution >= 0.6 is 0 Å². The Labute approximate surface area is 158 Å². The molecule has 7 nitrogen and oxygen atoms in total. The molecule has 0 aromatic heterocycles. The van der Waals surface area contributed by atoms with Crippen molar-refractivity contribution in [3.05, 3.63) is 65.2 Å². The quantitative estimate of drug-likeness (QED) is 0.641. The zero-order valence-electron chi connectivity index (χ0n) is 15.1. The Bertz CT molecular complexity index is 923. The first-order chi connectivity index (χ1) is 12.7. The third-order valence-corrected chi connectivity index (χ3v) is 5.40. The highest BCUT2D eigenvalue weighted by Gasteiger charge is 2.15. The van der Waals surface area contributed by atoms with E-state index in [9.17, 15) is 18.0 Å². The van der Waals surface area contributed by atoms with E-state index >= 15 is 0 Å². The molecular weight excluding hydrogens is 368 g/mol. The number of carboxylic acids is 1. The van der Waals surface area contributed by atoms with Gasteiger partial charge in [0.1, 0.15) is 0 Å². The first-order valence-electron chi connectivity index (χ1n) is 8.44. The van der Waals surface area contributed by atoms with Gasteiger partial charge in [-0.15, -0.1) is 0 Å². The summed E-state index contributed by atoms with van der Waals surface area (Å²) >= 11 is 0. The molecule has 0 heterocycles. The summed E-state index contributed by atoms with van der Waals surface area (Å²) in [7, 11) is -3.47. The molecule has 0 aliphatic heterocycles. The molecule has 8 heteroatoms. The minimum absolute atomic E-state index is 0.0903. The average Bonchev–Trinajstić information content (AvgIpc) is 2.61. The van der Waals surface area contributed by atoms with Gasteiger partial charge in [-0.05, 0) is 55.3 Å². The maximum Gasteiger partial charge on any atom is 0.335 e. The standard InChI is InChI=1S/C19H22N2O5S/c1-3-13(2)21-27(25,26)12-14-5-4-6-17(11-14)20-18(22)15-7-9-16(10-8-15)19(23)24/h4-11,13,21H,3,12H2,1-2H3,(H,20,22)(H,23,24). The van der Waals surface area contributed by atoms with Gasteiger partial charge in [-0.25, -0.2) is 17.9 Å². The van der Waals surface area contributed by atoms with Gasteiger partial charge in [0.05, 0.1) is 11.3 Å². The Balaban J connectivity index is 2.08. The largest absolute Gasteiger partial charge is 0.478 e. The smallest absolute Gasteiger partial charge is 0.335 e. The Hall–Kier alpha value is -2.71. The van der Waals surface area contributed by atoms with Gasteiger partial charge < -0.3 is 10.4 Å². The zero-order chi connectivity index (χ0) is 20.0. The normalized spacial score (nSPS) is 12.4. The van der Waals surface area contributed by atoms with Crippen molar-refractivity contribution in [2.75, 3.05) is 5.32 Å². The molecule has 2 aromatic carbocycles.